The maximum Gasteiger partial charge on any atom is 0.328 e. The number of nitrogens with one attached hydrogen (secondary N) is 2. The van der Waals surface area contributed by atoms with Crippen LogP contribution in [-0.2, 0) is 16.1 Å². The average Bonchev–Trinajstić information content (AvgIpc) is 3.34. The SMILES string of the molecule is CCOc1ccc2c(c1)N(C)CCn1c-2c(C2CCCCC2)c2ccc(C(=O)NC3(C(=O)Nc4cccc(/C=C/C(=O)O)c4)CCC3)cc21. The molecular weight excluding hydrogens is 616 g/mol. The molecule has 1 aromatic heterocycles. The van der Waals surface area contributed by atoms with Gasteiger partial charge in [0.2, 0.25) is 5.91 Å². The fourth-order valence-corrected chi connectivity index (χ4v) is 7.87. The molecule has 0 unspecified atom stereocenters. The lowest BCUT2D eigenvalue weighted by molar-refractivity contribution is -0.131. The Morgan fingerprint density at radius 3 is 2.53 bits per heavy atom. The van der Waals surface area contributed by atoms with Gasteiger partial charge in [-0.05, 0) is 98.5 Å². The monoisotopic (exact) mass is 660 g/mol. The molecule has 254 valence electrons. The van der Waals surface area contributed by atoms with E-state index in [0.717, 1.165) is 55.4 Å². The Morgan fingerprint density at radius 1 is 0.980 bits per heavy atom. The van der Waals surface area contributed by atoms with Crippen LogP contribution in [0.5, 0.6) is 5.75 Å². The van der Waals surface area contributed by atoms with Gasteiger partial charge < -0.3 is 29.9 Å². The summed E-state index contributed by atoms with van der Waals surface area (Å²) in [7, 11) is 2.13. The minimum absolute atomic E-state index is 0.267. The summed E-state index contributed by atoms with van der Waals surface area (Å²) in [4.78, 5) is 40.9. The summed E-state index contributed by atoms with van der Waals surface area (Å²) in [6.07, 6.45) is 10.5. The molecule has 49 heavy (non-hydrogen) atoms. The number of rotatable bonds is 9. The van der Waals surface area contributed by atoms with E-state index < -0.39 is 11.5 Å². The Bertz CT molecular complexity index is 1950. The number of likely N-dealkylation sites (N-methyl/N-ethyl adjacent to an activating group) is 1. The number of carboxylic acids is 1. The van der Waals surface area contributed by atoms with Gasteiger partial charge in [-0.2, -0.15) is 0 Å². The van der Waals surface area contributed by atoms with Crippen molar-refractivity contribution in [3.63, 3.8) is 0 Å². The lowest BCUT2D eigenvalue weighted by atomic mass is 9.75. The predicted octanol–water partition coefficient (Wildman–Crippen LogP) is 7.59. The molecule has 9 nitrogen and oxygen atoms in total. The molecule has 0 atom stereocenters. The van der Waals surface area contributed by atoms with Crippen LogP contribution in [0.15, 0.2) is 66.7 Å². The maximum atomic E-state index is 14.0. The Kier molecular flexibility index (Phi) is 8.92. The summed E-state index contributed by atoms with van der Waals surface area (Å²) in [5, 5.41) is 16.3. The fourth-order valence-electron chi connectivity index (χ4n) is 7.87. The number of nitrogens with zero attached hydrogens (tertiary/aromatic N) is 2. The van der Waals surface area contributed by atoms with E-state index in [9.17, 15) is 14.4 Å². The van der Waals surface area contributed by atoms with Gasteiger partial charge in [-0.3, -0.25) is 9.59 Å². The second-order valence-corrected chi connectivity index (χ2v) is 13.7. The molecule has 0 saturated heterocycles. The Balaban J connectivity index is 1.22. The highest BCUT2D eigenvalue weighted by Crippen LogP contribution is 2.48. The Morgan fingerprint density at radius 2 is 1.80 bits per heavy atom. The number of carbonyl (C=O) groups excluding carboxylic acids is 2. The van der Waals surface area contributed by atoms with Gasteiger partial charge in [0.05, 0.1) is 12.3 Å². The lowest BCUT2D eigenvalue weighted by Crippen LogP contribution is -2.61. The number of hydrogen-bond donors (Lipinski definition) is 3. The topological polar surface area (TPSA) is 113 Å². The van der Waals surface area contributed by atoms with Crippen molar-refractivity contribution in [1.29, 1.82) is 0 Å². The molecule has 2 aliphatic carbocycles. The number of carbonyl (C=O) groups is 3. The minimum Gasteiger partial charge on any atom is -0.494 e. The third-order valence-corrected chi connectivity index (χ3v) is 10.5. The highest BCUT2D eigenvalue weighted by atomic mass is 16.5. The Hall–Kier alpha value is -5.05. The predicted molar refractivity (Wildman–Crippen MR) is 193 cm³/mol. The van der Waals surface area contributed by atoms with E-state index in [0.29, 0.717) is 42.2 Å². The van der Waals surface area contributed by atoms with Crippen LogP contribution in [0.1, 0.15) is 85.7 Å². The van der Waals surface area contributed by atoms with Crippen molar-refractivity contribution in [3.05, 3.63) is 83.4 Å². The quantitative estimate of drug-likeness (QED) is 0.160. The number of benzene rings is 3. The van der Waals surface area contributed by atoms with Crippen molar-refractivity contribution in [2.45, 2.75) is 76.3 Å². The van der Waals surface area contributed by atoms with Crippen LogP contribution in [0.4, 0.5) is 11.4 Å². The molecule has 2 fully saturated rings. The summed E-state index contributed by atoms with van der Waals surface area (Å²) in [5.74, 6) is -0.257. The van der Waals surface area contributed by atoms with E-state index in [-0.39, 0.29) is 11.8 Å². The fraction of sp³-hybridized carbons (Fsp3) is 0.375. The first kappa shape index (κ1) is 32.5. The molecule has 3 aliphatic rings. The van der Waals surface area contributed by atoms with Crippen molar-refractivity contribution >= 4 is 46.1 Å². The van der Waals surface area contributed by atoms with E-state index in [4.69, 9.17) is 9.84 Å². The van der Waals surface area contributed by atoms with Crippen LogP contribution in [-0.4, -0.2) is 53.2 Å². The zero-order valence-electron chi connectivity index (χ0n) is 28.3. The van der Waals surface area contributed by atoms with Crippen LogP contribution >= 0.6 is 0 Å². The molecule has 1 aliphatic heterocycles. The zero-order chi connectivity index (χ0) is 34.1. The highest BCUT2D eigenvalue weighted by molar-refractivity contribution is 6.06. The highest BCUT2D eigenvalue weighted by Gasteiger charge is 2.45. The number of anilines is 2. The number of aliphatic carboxylic acids is 1. The standard InChI is InChI=1S/C40H44N4O5/c1-3-49-30-15-17-32-33(25-30)43(2)21-22-44-34-24-28(14-16-31(34)36(37(32)44)27-10-5-4-6-11-27)38(47)42-40(19-8-20-40)39(48)41-29-12-7-9-26(23-29)13-18-35(45)46/h7,9,12-18,23-25,27H,3-6,8,10-11,19-22H2,1-2H3,(H,41,48)(H,42,47)(H,45,46)/b18-13+. The molecule has 7 rings (SSSR count). The first-order valence-electron chi connectivity index (χ1n) is 17.6. The van der Waals surface area contributed by atoms with E-state index in [2.05, 4.69) is 51.4 Å². The van der Waals surface area contributed by atoms with E-state index in [1.165, 1.54) is 47.5 Å². The molecule has 3 aromatic carbocycles. The Labute approximate surface area is 286 Å². The molecule has 2 heterocycles. The maximum absolute atomic E-state index is 14.0. The largest absolute Gasteiger partial charge is 0.494 e. The minimum atomic E-state index is -1.04. The van der Waals surface area contributed by atoms with Crippen molar-refractivity contribution in [1.82, 2.24) is 9.88 Å². The summed E-state index contributed by atoms with van der Waals surface area (Å²) in [5.41, 5.74) is 6.76. The van der Waals surface area contributed by atoms with Gasteiger partial charge in [-0.25, -0.2) is 4.79 Å². The lowest BCUT2D eigenvalue weighted by Gasteiger charge is -2.40. The van der Waals surface area contributed by atoms with Crippen LogP contribution in [0, 0.1) is 0 Å². The third-order valence-electron chi connectivity index (χ3n) is 10.5. The van der Waals surface area contributed by atoms with Gasteiger partial charge in [0.15, 0.2) is 0 Å². The van der Waals surface area contributed by atoms with Crippen molar-refractivity contribution in [2.75, 3.05) is 30.4 Å². The van der Waals surface area contributed by atoms with Gasteiger partial charge >= 0.3 is 5.97 Å². The number of amides is 2. The molecule has 3 N–H and O–H groups in total. The number of fused-ring (bicyclic) bond motifs is 5. The van der Waals surface area contributed by atoms with Gasteiger partial charge in [-0.15, -0.1) is 0 Å². The van der Waals surface area contributed by atoms with Crippen molar-refractivity contribution in [2.24, 2.45) is 0 Å². The molecule has 2 saturated carbocycles. The average molecular weight is 661 g/mol. The summed E-state index contributed by atoms with van der Waals surface area (Å²) in [6.45, 7) is 4.22. The van der Waals surface area contributed by atoms with Crippen LogP contribution < -0.4 is 20.3 Å². The van der Waals surface area contributed by atoms with Crippen LogP contribution in [0.3, 0.4) is 0 Å². The number of ether oxygens (including phenoxy) is 1. The van der Waals surface area contributed by atoms with Gasteiger partial charge in [0.25, 0.3) is 5.91 Å². The van der Waals surface area contributed by atoms with E-state index >= 15 is 0 Å². The molecule has 4 aromatic rings. The summed E-state index contributed by atoms with van der Waals surface area (Å²) < 4.78 is 8.31. The zero-order valence-corrected chi connectivity index (χ0v) is 28.3. The van der Waals surface area contributed by atoms with Crippen molar-refractivity contribution < 1.29 is 24.2 Å². The smallest absolute Gasteiger partial charge is 0.328 e. The number of hydrogen-bond acceptors (Lipinski definition) is 5. The molecule has 0 bridgehead atoms. The first-order chi connectivity index (χ1) is 23.8. The summed E-state index contributed by atoms with van der Waals surface area (Å²) >= 11 is 0. The number of carboxylic acid groups (broad SMARTS) is 1. The summed E-state index contributed by atoms with van der Waals surface area (Å²) in [6, 6.07) is 19.5. The van der Waals surface area contributed by atoms with Gasteiger partial charge in [0, 0.05) is 65.7 Å². The third kappa shape index (κ3) is 6.30. The first-order valence-corrected chi connectivity index (χ1v) is 17.6. The molecule has 0 radical (unpaired) electrons. The second-order valence-electron chi connectivity index (χ2n) is 13.7. The molecule has 0 spiro atoms. The van der Waals surface area contributed by atoms with Crippen LogP contribution in [0.25, 0.3) is 28.2 Å². The van der Waals surface area contributed by atoms with Crippen LogP contribution in [0.2, 0.25) is 0 Å². The molecule has 2 amide bonds. The normalized spacial score (nSPS) is 17.1. The molecule has 9 heteroatoms. The number of aromatic nitrogens is 1. The molecular formula is C40H44N4O5. The second kappa shape index (κ2) is 13.5. The van der Waals surface area contributed by atoms with Gasteiger partial charge in [-0.1, -0.05) is 37.5 Å². The van der Waals surface area contributed by atoms with E-state index in [1.54, 1.807) is 24.3 Å². The van der Waals surface area contributed by atoms with E-state index in [1.807, 2.05) is 19.1 Å². The van der Waals surface area contributed by atoms with Crippen molar-refractivity contribution in [3.8, 4) is 17.0 Å². The van der Waals surface area contributed by atoms with Gasteiger partial charge in [0.1, 0.15) is 11.3 Å².